The van der Waals surface area contributed by atoms with Crippen LogP contribution in [0, 0.1) is 0 Å². The monoisotopic (exact) mass is 291 g/mol. The zero-order valence-corrected chi connectivity index (χ0v) is 13.3. The average Bonchev–Trinajstić information content (AvgIpc) is 2.90. The van der Waals surface area contributed by atoms with E-state index in [1.54, 1.807) is 10.9 Å². The lowest BCUT2D eigenvalue weighted by molar-refractivity contribution is 0.0694. The summed E-state index contributed by atoms with van der Waals surface area (Å²) in [4.78, 5) is 11.6. The molecule has 0 spiro atoms. The zero-order valence-electron chi connectivity index (χ0n) is 13.3. The Kier molecular flexibility index (Phi) is 3.65. The number of rotatable bonds is 3. The molecule has 2 rings (SSSR count). The minimum Gasteiger partial charge on any atom is -0.477 e. The predicted octanol–water partition coefficient (Wildman–Crippen LogP) is 3.19. The highest BCUT2D eigenvalue weighted by atomic mass is 16.5. The molecular weight excluding hydrogens is 270 g/mol. The fraction of sp³-hybridized carbons (Fsp3) is 0.533. The number of hydrogen-bond donors (Lipinski definition) is 1. The van der Waals surface area contributed by atoms with Gasteiger partial charge in [-0.15, -0.1) is 0 Å². The molecule has 2 aromatic rings. The Morgan fingerprint density at radius 1 is 1.38 bits per heavy atom. The smallest absolute Gasteiger partial charge is 0.341 e. The highest BCUT2D eigenvalue weighted by molar-refractivity contribution is 5.96. The number of nitrogens with zero attached hydrogens (tertiary/aromatic N) is 3. The van der Waals surface area contributed by atoms with Crippen molar-refractivity contribution >= 4 is 5.97 Å². The molecule has 6 heteroatoms. The van der Waals surface area contributed by atoms with E-state index >= 15 is 0 Å². The highest BCUT2D eigenvalue weighted by Gasteiger charge is 2.31. The molecule has 0 aromatic carbocycles. The van der Waals surface area contributed by atoms with E-state index in [9.17, 15) is 9.90 Å². The SMILES string of the molecule is CC(C)c1onc(-c2cn(C)nc2C(C)(C)C)c1C(=O)O. The molecular formula is C15H21N3O3. The van der Waals surface area contributed by atoms with Gasteiger partial charge in [-0.25, -0.2) is 4.79 Å². The van der Waals surface area contributed by atoms with Crippen LogP contribution < -0.4 is 0 Å². The van der Waals surface area contributed by atoms with Crippen molar-refractivity contribution in [1.82, 2.24) is 14.9 Å². The number of carboxylic acids is 1. The van der Waals surface area contributed by atoms with Gasteiger partial charge in [-0.1, -0.05) is 39.8 Å². The molecule has 0 amide bonds. The van der Waals surface area contributed by atoms with E-state index in [0.29, 0.717) is 17.0 Å². The number of carbonyl (C=O) groups is 1. The lowest BCUT2D eigenvalue weighted by Gasteiger charge is -2.16. The zero-order chi connectivity index (χ0) is 15.9. The molecule has 0 atom stereocenters. The van der Waals surface area contributed by atoms with Crippen molar-refractivity contribution in [2.24, 2.45) is 7.05 Å². The van der Waals surface area contributed by atoms with Crippen LogP contribution in [-0.2, 0) is 12.5 Å². The molecule has 0 aliphatic heterocycles. The summed E-state index contributed by atoms with van der Waals surface area (Å²) in [6.45, 7) is 9.85. The number of hydrogen-bond acceptors (Lipinski definition) is 4. The maximum atomic E-state index is 11.6. The maximum absolute atomic E-state index is 11.6. The minimum absolute atomic E-state index is 0.0490. The lowest BCUT2D eigenvalue weighted by atomic mass is 9.88. The Hall–Kier alpha value is -2.11. The van der Waals surface area contributed by atoms with Crippen molar-refractivity contribution in [2.75, 3.05) is 0 Å². The number of aromatic carboxylic acids is 1. The van der Waals surface area contributed by atoms with E-state index in [-0.39, 0.29) is 16.9 Å². The molecule has 0 unspecified atom stereocenters. The average molecular weight is 291 g/mol. The van der Waals surface area contributed by atoms with Gasteiger partial charge in [0, 0.05) is 30.1 Å². The molecule has 2 heterocycles. The lowest BCUT2D eigenvalue weighted by Crippen LogP contribution is -2.14. The largest absolute Gasteiger partial charge is 0.477 e. The standard InChI is InChI=1S/C15H21N3O3/c1-8(2)12-10(14(19)20)11(17-21-12)9-7-18(6)16-13(9)15(3,4)5/h7-8H,1-6H3,(H,19,20). The van der Waals surface area contributed by atoms with Crippen molar-refractivity contribution in [3.8, 4) is 11.3 Å². The number of carboxylic acid groups (broad SMARTS) is 1. The van der Waals surface area contributed by atoms with Crippen LogP contribution in [0.3, 0.4) is 0 Å². The van der Waals surface area contributed by atoms with Gasteiger partial charge in [0.1, 0.15) is 11.3 Å². The third-order valence-electron chi connectivity index (χ3n) is 3.25. The van der Waals surface area contributed by atoms with Gasteiger partial charge in [0.05, 0.1) is 5.69 Å². The van der Waals surface area contributed by atoms with Crippen molar-refractivity contribution in [3.63, 3.8) is 0 Å². The summed E-state index contributed by atoms with van der Waals surface area (Å²) in [6.07, 6.45) is 1.79. The highest BCUT2D eigenvalue weighted by Crippen LogP contribution is 2.35. The van der Waals surface area contributed by atoms with Gasteiger partial charge in [-0.05, 0) is 0 Å². The summed E-state index contributed by atoms with van der Waals surface area (Å²) in [5.41, 5.74) is 1.77. The van der Waals surface area contributed by atoms with Gasteiger partial charge in [0.15, 0.2) is 5.76 Å². The summed E-state index contributed by atoms with van der Waals surface area (Å²) in [7, 11) is 1.81. The van der Waals surface area contributed by atoms with Crippen LogP contribution in [0.4, 0.5) is 0 Å². The van der Waals surface area contributed by atoms with Crippen molar-refractivity contribution in [2.45, 2.75) is 46.0 Å². The molecule has 0 aliphatic carbocycles. The third kappa shape index (κ3) is 2.70. The second kappa shape index (κ2) is 5.02. The van der Waals surface area contributed by atoms with Crippen LogP contribution >= 0.6 is 0 Å². The van der Waals surface area contributed by atoms with E-state index in [1.165, 1.54) is 0 Å². The molecule has 21 heavy (non-hydrogen) atoms. The Bertz CT molecular complexity index is 675. The molecule has 0 fully saturated rings. The molecule has 0 bridgehead atoms. The summed E-state index contributed by atoms with van der Waals surface area (Å²) in [5.74, 6) is -0.688. The predicted molar refractivity (Wildman–Crippen MR) is 78.5 cm³/mol. The summed E-state index contributed by atoms with van der Waals surface area (Å²) >= 11 is 0. The fourth-order valence-corrected chi connectivity index (χ4v) is 2.30. The quantitative estimate of drug-likeness (QED) is 0.939. The van der Waals surface area contributed by atoms with E-state index in [4.69, 9.17) is 4.52 Å². The molecule has 2 aromatic heterocycles. The fourth-order valence-electron chi connectivity index (χ4n) is 2.30. The van der Waals surface area contributed by atoms with Crippen LogP contribution in [0.25, 0.3) is 11.3 Å². The van der Waals surface area contributed by atoms with Gasteiger partial charge in [-0.2, -0.15) is 5.10 Å². The first kappa shape index (κ1) is 15.3. The number of aromatic nitrogens is 3. The molecule has 0 aliphatic rings. The summed E-state index contributed by atoms with van der Waals surface area (Å²) in [5, 5.41) is 18.0. The van der Waals surface area contributed by atoms with Crippen LogP contribution in [0.5, 0.6) is 0 Å². The van der Waals surface area contributed by atoms with Crippen molar-refractivity contribution < 1.29 is 14.4 Å². The van der Waals surface area contributed by atoms with Crippen molar-refractivity contribution in [3.05, 3.63) is 23.2 Å². The molecule has 0 radical (unpaired) electrons. The van der Waals surface area contributed by atoms with Gasteiger partial charge < -0.3 is 9.63 Å². The van der Waals surface area contributed by atoms with Crippen LogP contribution in [0.1, 0.15) is 62.3 Å². The van der Waals surface area contributed by atoms with Crippen LogP contribution in [-0.4, -0.2) is 26.0 Å². The Labute approximate surface area is 123 Å². The molecule has 114 valence electrons. The summed E-state index contributed by atoms with van der Waals surface area (Å²) < 4.78 is 6.95. The molecule has 0 saturated carbocycles. The van der Waals surface area contributed by atoms with Crippen LogP contribution in [0.2, 0.25) is 0 Å². The maximum Gasteiger partial charge on any atom is 0.341 e. The molecule has 1 N–H and O–H groups in total. The second-order valence-corrected chi connectivity index (χ2v) is 6.55. The topological polar surface area (TPSA) is 81.2 Å². The molecule has 0 saturated heterocycles. The Balaban J connectivity index is 2.71. The normalized spacial score (nSPS) is 12.1. The summed E-state index contributed by atoms with van der Waals surface area (Å²) in [6, 6.07) is 0. The van der Waals surface area contributed by atoms with Gasteiger partial charge in [0.25, 0.3) is 0 Å². The van der Waals surface area contributed by atoms with E-state index in [1.807, 2.05) is 41.7 Å². The van der Waals surface area contributed by atoms with Gasteiger partial charge >= 0.3 is 5.97 Å². The van der Waals surface area contributed by atoms with Crippen molar-refractivity contribution in [1.29, 1.82) is 0 Å². The first-order valence-electron chi connectivity index (χ1n) is 6.90. The Morgan fingerprint density at radius 2 is 2.00 bits per heavy atom. The first-order valence-corrected chi connectivity index (χ1v) is 6.90. The first-order chi connectivity index (χ1) is 9.62. The number of aryl methyl sites for hydroxylation is 1. The van der Waals surface area contributed by atoms with Gasteiger partial charge in [-0.3, -0.25) is 4.68 Å². The van der Waals surface area contributed by atoms with E-state index in [2.05, 4.69) is 10.3 Å². The van der Waals surface area contributed by atoms with Gasteiger partial charge in [0.2, 0.25) is 0 Å². The second-order valence-electron chi connectivity index (χ2n) is 6.55. The minimum atomic E-state index is -1.03. The molecule has 6 nitrogen and oxygen atoms in total. The van der Waals surface area contributed by atoms with Crippen LogP contribution in [0.15, 0.2) is 10.7 Å². The van der Waals surface area contributed by atoms with E-state index in [0.717, 1.165) is 5.69 Å². The Morgan fingerprint density at radius 3 is 2.48 bits per heavy atom. The third-order valence-corrected chi connectivity index (χ3v) is 3.25. The van der Waals surface area contributed by atoms with E-state index < -0.39 is 5.97 Å².